The number of para-hydroxylation sites is 1. The number of hydrogen-bond donors (Lipinski definition) is 1. The fraction of sp³-hybridized carbons (Fsp3) is 0.222. The molecule has 0 atom stereocenters. The van der Waals surface area contributed by atoms with E-state index >= 15 is 0 Å². The van der Waals surface area contributed by atoms with Gasteiger partial charge in [-0.25, -0.2) is 0 Å². The van der Waals surface area contributed by atoms with Gasteiger partial charge in [-0.15, -0.1) is 0 Å². The average Bonchev–Trinajstić information content (AvgIpc) is 2.56. The molecule has 0 aromatic heterocycles. The highest BCUT2D eigenvalue weighted by atomic mass is 16.5. The number of nitrogens with zero attached hydrogens (tertiary/aromatic N) is 1. The number of hydrogen-bond acceptors (Lipinski definition) is 5. The van der Waals surface area contributed by atoms with Crippen LogP contribution in [0.1, 0.15) is 29.8 Å². The van der Waals surface area contributed by atoms with E-state index in [1.807, 2.05) is 13.8 Å². The van der Waals surface area contributed by atoms with Gasteiger partial charge in [0.2, 0.25) is 0 Å². The predicted octanol–water partition coefficient (Wildman–Crippen LogP) is 3.00. The predicted molar refractivity (Wildman–Crippen MR) is 88.2 cm³/mol. The highest BCUT2D eigenvalue weighted by molar-refractivity contribution is 6.12. The van der Waals surface area contributed by atoms with E-state index < -0.39 is 5.78 Å². The van der Waals surface area contributed by atoms with Crippen molar-refractivity contribution < 1.29 is 19.4 Å². The molecule has 2 aromatic rings. The summed E-state index contributed by atoms with van der Waals surface area (Å²) in [6.45, 7) is 5.92. The Morgan fingerprint density at radius 1 is 1.13 bits per heavy atom. The Labute approximate surface area is 135 Å². The molecule has 0 aliphatic heterocycles. The zero-order valence-corrected chi connectivity index (χ0v) is 13.2. The summed E-state index contributed by atoms with van der Waals surface area (Å²) >= 11 is 0. The molecule has 5 nitrogen and oxygen atoms in total. The van der Waals surface area contributed by atoms with Crippen molar-refractivity contribution in [3.8, 4) is 11.5 Å². The molecule has 0 bridgehead atoms. The zero-order chi connectivity index (χ0) is 16.8. The Balaban J connectivity index is 2.47. The lowest BCUT2D eigenvalue weighted by molar-refractivity contribution is -0.120. The molecule has 1 N–H and O–H groups in total. The first-order valence-corrected chi connectivity index (χ1v) is 7.44. The van der Waals surface area contributed by atoms with Crippen LogP contribution < -0.4 is 9.64 Å². The van der Waals surface area contributed by atoms with Gasteiger partial charge in [-0.2, -0.15) is 0 Å². The molecule has 0 amide bonds. The molecular weight excluding hydrogens is 294 g/mol. The molecule has 0 saturated heterocycles. The number of ketones is 1. The summed E-state index contributed by atoms with van der Waals surface area (Å²) < 4.78 is 4.99. The Morgan fingerprint density at radius 3 is 2.43 bits per heavy atom. The van der Waals surface area contributed by atoms with Gasteiger partial charge in [0.05, 0.1) is 11.1 Å². The Hall–Kier alpha value is -2.82. The van der Waals surface area contributed by atoms with Crippen LogP contribution >= 0.6 is 0 Å². The van der Waals surface area contributed by atoms with Gasteiger partial charge in [0.1, 0.15) is 11.5 Å². The van der Waals surface area contributed by atoms with Crippen molar-refractivity contribution in [1.29, 1.82) is 0 Å². The second kappa shape index (κ2) is 7.45. The number of ether oxygens (including phenoxy) is 1. The highest BCUT2D eigenvalue weighted by Crippen LogP contribution is 2.29. The van der Waals surface area contributed by atoms with E-state index in [9.17, 15) is 14.7 Å². The van der Waals surface area contributed by atoms with E-state index in [0.717, 1.165) is 18.8 Å². The van der Waals surface area contributed by atoms with Gasteiger partial charge in [0.15, 0.2) is 5.78 Å². The Kier molecular flexibility index (Phi) is 5.36. The average molecular weight is 313 g/mol. The van der Waals surface area contributed by atoms with Gasteiger partial charge in [-0.05, 0) is 38.1 Å². The summed E-state index contributed by atoms with van der Waals surface area (Å²) in [5.74, 6) is -0.328. The molecule has 0 saturated carbocycles. The summed E-state index contributed by atoms with van der Waals surface area (Å²) in [5.41, 5.74) is 1.26. The summed E-state index contributed by atoms with van der Waals surface area (Å²) in [6.07, 6.45) is 0. The minimum absolute atomic E-state index is 0.109. The first-order valence-electron chi connectivity index (χ1n) is 7.44. The third-order valence-corrected chi connectivity index (χ3v) is 3.66. The fourth-order valence-corrected chi connectivity index (χ4v) is 2.44. The van der Waals surface area contributed by atoms with Gasteiger partial charge in [-0.3, -0.25) is 9.59 Å². The molecule has 0 fully saturated rings. The summed E-state index contributed by atoms with van der Waals surface area (Å²) in [6, 6.07) is 11.3. The number of phenolic OH excluding ortho intramolecular Hbond substituents is 1. The standard InChI is InChI=1S/C18H19NO4/c1-3-19(4-2)13-9-10-15(17(11-13)23-12-20)18(22)14-7-5-6-8-16(14)21/h5-12,21H,3-4H2,1-2H3. The molecule has 120 valence electrons. The molecule has 5 heteroatoms. The maximum atomic E-state index is 12.6. The number of carbonyl (C=O) groups is 2. The van der Waals surface area contributed by atoms with Crippen LogP contribution in [-0.4, -0.2) is 30.5 Å². The highest BCUT2D eigenvalue weighted by Gasteiger charge is 2.19. The molecule has 0 aliphatic rings. The monoisotopic (exact) mass is 313 g/mol. The van der Waals surface area contributed by atoms with E-state index in [0.29, 0.717) is 6.47 Å². The minimum atomic E-state index is -0.397. The van der Waals surface area contributed by atoms with Gasteiger partial charge in [-0.1, -0.05) is 12.1 Å². The quantitative estimate of drug-likeness (QED) is 0.629. The second-order valence-corrected chi connectivity index (χ2v) is 4.91. The maximum Gasteiger partial charge on any atom is 0.298 e. The normalized spacial score (nSPS) is 10.2. The number of rotatable bonds is 7. The summed E-state index contributed by atoms with van der Waals surface area (Å²) in [7, 11) is 0. The number of aromatic hydroxyl groups is 1. The topological polar surface area (TPSA) is 66.8 Å². The third-order valence-electron chi connectivity index (χ3n) is 3.66. The van der Waals surface area contributed by atoms with Crippen molar-refractivity contribution in [3.05, 3.63) is 53.6 Å². The van der Waals surface area contributed by atoms with Crippen molar-refractivity contribution in [2.75, 3.05) is 18.0 Å². The van der Waals surface area contributed by atoms with E-state index in [4.69, 9.17) is 4.74 Å². The van der Waals surface area contributed by atoms with E-state index in [1.165, 1.54) is 12.1 Å². The van der Waals surface area contributed by atoms with Gasteiger partial charge >= 0.3 is 0 Å². The smallest absolute Gasteiger partial charge is 0.298 e. The first-order chi connectivity index (χ1) is 11.1. The first kappa shape index (κ1) is 16.5. The maximum absolute atomic E-state index is 12.6. The number of benzene rings is 2. The lowest BCUT2D eigenvalue weighted by atomic mass is 10.0. The molecule has 0 radical (unpaired) electrons. The van der Waals surface area contributed by atoms with Crippen LogP contribution in [0.2, 0.25) is 0 Å². The van der Waals surface area contributed by atoms with Crippen LogP contribution in [0.3, 0.4) is 0 Å². The number of anilines is 1. The molecule has 0 unspecified atom stereocenters. The molecule has 2 rings (SSSR count). The zero-order valence-electron chi connectivity index (χ0n) is 13.2. The molecular formula is C18H19NO4. The number of carbonyl (C=O) groups excluding carboxylic acids is 2. The van der Waals surface area contributed by atoms with Crippen molar-refractivity contribution in [3.63, 3.8) is 0 Å². The van der Waals surface area contributed by atoms with Crippen LogP contribution in [0.15, 0.2) is 42.5 Å². The van der Waals surface area contributed by atoms with Gasteiger partial charge in [0, 0.05) is 24.8 Å². The van der Waals surface area contributed by atoms with E-state index in [-0.39, 0.29) is 22.6 Å². The molecule has 0 heterocycles. The molecule has 23 heavy (non-hydrogen) atoms. The largest absolute Gasteiger partial charge is 0.507 e. The lowest BCUT2D eigenvalue weighted by Gasteiger charge is -2.22. The van der Waals surface area contributed by atoms with E-state index in [2.05, 4.69) is 4.90 Å². The van der Waals surface area contributed by atoms with Gasteiger partial charge in [0.25, 0.3) is 6.47 Å². The van der Waals surface area contributed by atoms with Crippen LogP contribution in [0.5, 0.6) is 11.5 Å². The molecule has 0 spiro atoms. The van der Waals surface area contributed by atoms with Gasteiger partial charge < -0.3 is 14.7 Å². The van der Waals surface area contributed by atoms with Crippen molar-refractivity contribution in [1.82, 2.24) is 0 Å². The van der Waals surface area contributed by atoms with Crippen molar-refractivity contribution >= 4 is 17.9 Å². The summed E-state index contributed by atoms with van der Waals surface area (Å²) in [5, 5.41) is 9.84. The van der Waals surface area contributed by atoms with E-state index in [1.54, 1.807) is 30.3 Å². The Morgan fingerprint density at radius 2 is 1.83 bits per heavy atom. The second-order valence-electron chi connectivity index (χ2n) is 4.91. The van der Waals surface area contributed by atoms with Crippen molar-refractivity contribution in [2.45, 2.75) is 13.8 Å². The van der Waals surface area contributed by atoms with Crippen LogP contribution in [0.4, 0.5) is 5.69 Å². The lowest BCUT2D eigenvalue weighted by Crippen LogP contribution is -2.22. The number of phenols is 1. The van der Waals surface area contributed by atoms with Crippen molar-refractivity contribution in [2.24, 2.45) is 0 Å². The Bertz CT molecular complexity index is 708. The minimum Gasteiger partial charge on any atom is -0.507 e. The SMILES string of the molecule is CCN(CC)c1ccc(C(=O)c2ccccc2O)c(OC=O)c1. The van der Waals surface area contributed by atoms with Crippen LogP contribution in [0, 0.1) is 0 Å². The molecule has 2 aromatic carbocycles. The fourth-order valence-electron chi connectivity index (χ4n) is 2.44. The molecule has 0 aliphatic carbocycles. The summed E-state index contributed by atoms with van der Waals surface area (Å²) in [4.78, 5) is 25.5. The van der Waals surface area contributed by atoms with Crippen LogP contribution in [-0.2, 0) is 4.79 Å². The third kappa shape index (κ3) is 3.51. The van der Waals surface area contributed by atoms with Crippen LogP contribution in [0.25, 0.3) is 0 Å².